The third-order valence-corrected chi connectivity index (χ3v) is 4.19. The van der Waals surface area contributed by atoms with Gasteiger partial charge in [-0.2, -0.15) is 11.3 Å². The second kappa shape index (κ2) is 6.16. The highest BCUT2D eigenvalue weighted by molar-refractivity contribution is 7.08. The number of ether oxygens (including phenoxy) is 1. The highest BCUT2D eigenvalue weighted by atomic mass is 32.1. The minimum Gasteiger partial charge on any atom is -0.468 e. The lowest BCUT2D eigenvalue weighted by Crippen LogP contribution is -2.50. The molecule has 0 unspecified atom stereocenters. The number of piperazine rings is 1. The van der Waals surface area contributed by atoms with E-state index >= 15 is 0 Å². The molecule has 104 valence electrons. The lowest BCUT2D eigenvalue weighted by molar-refractivity contribution is -0.142. The average Bonchev–Trinajstić information content (AvgIpc) is 2.85. The first kappa shape index (κ1) is 14.0. The maximum absolute atomic E-state index is 12.3. The summed E-state index contributed by atoms with van der Waals surface area (Å²) in [6, 6.07) is 0. The van der Waals surface area contributed by atoms with Crippen LogP contribution in [0.1, 0.15) is 15.9 Å². The summed E-state index contributed by atoms with van der Waals surface area (Å²) in [7, 11) is 1.39. The van der Waals surface area contributed by atoms with Gasteiger partial charge in [0.1, 0.15) is 0 Å². The van der Waals surface area contributed by atoms with Gasteiger partial charge in [-0.1, -0.05) is 0 Å². The lowest BCUT2D eigenvalue weighted by atomic mass is 10.2. The van der Waals surface area contributed by atoms with Crippen LogP contribution in [0.15, 0.2) is 10.8 Å². The van der Waals surface area contributed by atoms with Gasteiger partial charge in [-0.25, -0.2) is 0 Å². The van der Waals surface area contributed by atoms with Crippen molar-refractivity contribution in [2.24, 2.45) is 0 Å². The van der Waals surface area contributed by atoms with Gasteiger partial charge >= 0.3 is 5.97 Å². The first-order valence-corrected chi connectivity index (χ1v) is 7.17. The number of methoxy groups -OCH3 is 1. The number of nitrogens with zero attached hydrogens (tertiary/aromatic N) is 2. The maximum atomic E-state index is 12.3. The number of hydrogen-bond donors (Lipinski definition) is 0. The molecule has 0 aliphatic carbocycles. The molecule has 5 nitrogen and oxygen atoms in total. The normalized spacial score (nSPS) is 16.4. The van der Waals surface area contributed by atoms with Crippen LogP contribution in [0.25, 0.3) is 0 Å². The van der Waals surface area contributed by atoms with Crippen molar-refractivity contribution < 1.29 is 14.3 Å². The topological polar surface area (TPSA) is 49.9 Å². The van der Waals surface area contributed by atoms with Crippen LogP contribution < -0.4 is 0 Å². The fourth-order valence-corrected chi connectivity index (χ4v) is 2.93. The second-order valence-electron chi connectivity index (χ2n) is 4.61. The summed E-state index contributed by atoms with van der Waals surface area (Å²) in [5.74, 6) is -0.134. The number of carbonyl (C=O) groups is 2. The lowest BCUT2D eigenvalue weighted by Gasteiger charge is -2.34. The van der Waals surface area contributed by atoms with Gasteiger partial charge in [-0.3, -0.25) is 14.5 Å². The number of esters is 1. The van der Waals surface area contributed by atoms with Crippen LogP contribution in [-0.2, 0) is 9.53 Å². The summed E-state index contributed by atoms with van der Waals surface area (Å²) < 4.78 is 4.64. The van der Waals surface area contributed by atoms with E-state index < -0.39 is 0 Å². The van der Waals surface area contributed by atoms with Crippen LogP contribution >= 0.6 is 11.3 Å². The third-order valence-electron chi connectivity index (χ3n) is 3.33. The van der Waals surface area contributed by atoms with E-state index in [4.69, 9.17) is 0 Å². The Morgan fingerprint density at radius 1 is 1.26 bits per heavy atom. The molecule has 0 N–H and O–H groups in total. The van der Waals surface area contributed by atoms with Crippen LogP contribution in [0.5, 0.6) is 0 Å². The molecule has 0 saturated carbocycles. The fraction of sp³-hybridized carbons (Fsp3) is 0.538. The molecular weight excluding hydrogens is 264 g/mol. The van der Waals surface area contributed by atoms with Gasteiger partial charge in [-0.15, -0.1) is 0 Å². The molecule has 2 rings (SSSR count). The molecular formula is C13H18N2O3S. The van der Waals surface area contributed by atoms with Crippen molar-refractivity contribution in [1.82, 2.24) is 9.80 Å². The van der Waals surface area contributed by atoms with E-state index in [1.807, 2.05) is 27.5 Å². The van der Waals surface area contributed by atoms with E-state index in [1.165, 1.54) is 7.11 Å². The summed E-state index contributed by atoms with van der Waals surface area (Å²) >= 11 is 1.55. The van der Waals surface area contributed by atoms with Crippen molar-refractivity contribution in [3.05, 3.63) is 21.9 Å². The third kappa shape index (κ3) is 3.33. The molecule has 1 aliphatic heterocycles. The molecule has 1 aliphatic rings. The summed E-state index contributed by atoms with van der Waals surface area (Å²) in [5, 5.41) is 3.89. The minimum atomic E-state index is -0.228. The van der Waals surface area contributed by atoms with Crippen LogP contribution in [0, 0.1) is 6.92 Å². The van der Waals surface area contributed by atoms with E-state index in [2.05, 4.69) is 4.74 Å². The van der Waals surface area contributed by atoms with Crippen LogP contribution in [0.4, 0.5) is 0 Å². The molecule has 6 heteroatoms. The van der Waals surface area contributed by atoms with Crippen molar-refractivity contribution in [3.8, 4) is 0 Å². The average molecular weight is 282 g/mol. The monoisotopic (exact) mass is 282 g/mol. The van der Waals surface area contributed by atoms with Crippen LogP contribution in [0.2, 0.25) is 0 Å². The minimum absolute atomic E-state index is 0.0940. The van der Waals surface area contributed by atoms with Crippen molar-refractivity contribution in [2.75, 3.05) is 39.8 Å². The molecule has 1 aromatic rings. The number of aryl methyl sites for hydroxylation is 1. The molecule has 0 aromatic carbocycles. The molecule has 0 bridgehead atoms. The van der Waals surface area contributed by atoms with Gasteiger partial charge in [0.15, 0.2) is 0 Å². The van der Waals surface area contributed by atoms with E-state index in [1.54, 1.807) is 11.3 Å². The summed E-state index contributed by atoms with van der Waals surface area (Å²) in [5.41, 5.74) is 1.83. The van der Waals surface area contributed by atoms with Gasteiger partial charge in [0.2, 0.25) is 0 Å². The number of carbonyl (C=O) groups excluding carboxylic acids is 2. The number of thiophene rings is 1. The molecule has 1 fully saturated rings. The number of hydrogen-bond acceptors (Lipinski definition) is 5. The molecule has 0 atom stereocenters. The zero-order valence-electron chi connectivity index (χ0n) is 11.2. The maximum Gasteiger partial charge on any atom is 0.319 e. The molecule has 19 heavy (non-hydrogen) atoms. The molecule has 2 heterocycles. The summed E-state index contributed by atoms with van der Waals surface area (Å²) in [6.45, 7) is 5.00. The Balaban J connectivity index is 1.88. The predicted octanol–water partition coefficient (Wildman–Crippen LogP) is 0.987. The van der Waals surface area contributed by atoms with Gasteiger partial charge in [0, 0.05) is 31.6 Å². The second-order valence-corrected chi connectivity index (χ2v) is 5.36. The first-order valence-electron chi connectivity index (χ1n) is 6.23. The fourth-order valence-electron chi connectivity index (χ4n) is 2.11. The van der Waals surface area contributed by atoms with E-state index in [9.17, 15) is 9.59 Å². The predicted molar refractivity (Wildman–Crippen MR) is 73.4 cm³/mol. The van der Waals surface area contributed by atoms with Crippen molar-refractivity contribution in [2.45, 2.75) is 6.92 Å². The van der Waals surface area contributed by atoms with Gasteiger partial charge in [0.05, 0.1) is 19.2 Å². The van der Waals surface area contributed by atoms with Crippen molar-refractivity contribution >= 4 is 23.2 Å². The van der Waals surface area contributed by atoms with E-state index in [0.717, 1.165) is 11.1 Å². The molecule has 1 aromatic heterocycles. The highest BCUT2D eigenvalue weighted by Crippen LogP contribution is 2.17. The number of rotatable bonds is 3. The van der Waals surface area contributed by atoms with E-state index in [-0.39, 0.29) is 11.9 Å². The Kier molecular flexibility index (Phi) is 4.55. The zero-order valence-corrected chi connectivity index (χ0v) is 12.0. The summed E-state index contributed by atoms with van der Waals surface area (Å²) in [4.78, 5) is 27.3. The van der Waals surface area contributed by atoms with Crippen molar-refractivity contribution in [3.63, 3.8) is 0 Å². The highest BCUT2D eigenvalue weighted by Gasteiger charge is 2.24. The standard InChI is InChI=1S/C13H18N2O3S/c1-10-8-19-9-11(10)13(17)15-5-3-14(4-6-15)7-12(16)18-2/h8-9H,3-7H2,1-2H3. The Morgan fingerprint density at radius 3 is 2.47 bits per heavy atom. The van der Waals surface area contributed by atoms with Crippen LogP contribution in [0.3, 0.4) is 0 Å². The summed E-state index contributed by atoms with van der Waals surface area (Å²) in [6.07, 6.45) is 0. The smallest absolute Gasteiger partial charge is 0.319 e. The molecule has 1 saturated heterocycles. The quantitative estimate of drug-likeness (QED) is 0.776. The first-order chi connectivity index (χ1) is 9.11. The van der Waals surface area contributed by atoms with Crippen molar-refractivity contribution in [1.29, 1.82) is 0 Å². The van der Waals surface area contributed by atoms with Gasteiger partial charge < -0.3 is 9.64 Å². The largest absolute Gasteiger partial charge is 0.468 e. The SMILES string of the molecule is COC(=O)CN1CCN(C(=O)c2cscc2C)CC1. The number of amides is 1. The molecule has 1 amide bonds. The Bertz CT molecular complexity index is 464. The Morgan fingerprint density at radius 2 is 1.95 bits per heavy atom. The van der Waals surface area contributed by atoms with Crippen LogP contribution in [-0.4, -0.2) is 61.5 Å². The van der Waals surface area contributed by atoms with E-state index in [0.29, 0.717) is 32.7 Å². The Hall–Kier alpha value is -1.40. The molecule has 0 spiro atoms. The van der Waals surface area contributed by atoms with Gasteiger partial charge in [0.25, 0.3) is 5.91 Å². The molecule has 0 radical (unpaired) electrons. The Labute approximate surface area is 116 Å². The van der Waals surface area contributed by atoms with Gasteiger partial charge in [-0.05, 0) is 17.9 Å². The zero-order chi connectivity index (χ0) is 13.8.